The molecule has 0 saturated carbocycles. The number of carbonyl (C=O) groups is 3. The van der Waals surface area contributed by atoms with Crippen molar-refractivity contribution >= 4 is 39.3 Å². The number of fused-ring (bicyclic) bond motifs is 1. The standard InChI is InChI=1S/C25H30ClN3O5S/c1-3-4-15-27-24(31)18(2)28(17-19-10-5-7-12-21(19)26)23(30)14-9-16-29-25(32)20-11-6-8-13-22(20)35(29,33)34/h5-8,10-13,18H,3-4,9,14-17H2,1-2H3,(H,27,31). The van der Waals surface area contributed by atoms with Crippen molar-refractivity contribution in [3.8, 4) is 0 Å². The van der Waals surface area contributed by atoms with Gasteiger partial charge in [0.25, 0.3) is 15.9 Å². The van der Waals surface area contributed by atoms with Crippen LogP contribution in [0.4, 0.5) is 0 Å². The number of nitrogens with zero attached hydrogens (tertiary/aromatic N) is 2. The largest absolute Gasteiger partial charge is 0.354 e. The summed E-state index contributed by atoms with van der Waals surface area (Å²) >= 11 is 6.29. The molecule has 1 aliphatic heterocycles. The zero-order valence-electron chi connectivity index (χ0n) is 19.9. The molecule has 3 amide bonds. The highest BCUT2D eigenvalue weighted by molar-refractivity contribution is 7.90. The van der Waals surface area contributed by atoms with Gasteiger partial charge in [-0.1, -0.05) is 55.3 Å². The number of carbonyl (C=O) groups excluding carboxylic acids is 3. The van der Waals surface area contributed by atoms with E-state index >= 15 is 0 Å². The van der Waals surface area contributed by atoms with Crippen LogP contribution < -0.4 is 5.32 Å². The summed E-state index contributed by atoms with van der Waals surface area (Å²) in [6, 6.07) is 12.4. The Labute approximate surface area is 211 Å². The monoisotopic (exact) mass is 519 g/mol. The molecular weight excluding hydrogens is 490 g/mol. The number of halogens is 1. The van der Waals surface area contributed by atoms with E-state index in [4.69, 9.17) is 11.6 Å². The van der Waals surface area contributed by atoms with Gasteiger partial charge in [-0.15, -0.1) is 0 Å². The molecule has 2 aromatic carbocycles. The molecule has 35 heavy (non-hydrogen) atoms. The predicted molar refractivity (Wildman–Crippen MR) is 133 cm³/mol. The maximum atomic E-state index is 13.2. The van der Waals surface area contributed by atoms with E-state index in [-0.39, 0.29) is 48.2 Å². The van der Waals surface area contributed by atoms with Crippen molar-refractivity contribution in [1.29, 1.82) is 0 Å². The Balaban J connectivity index is 1.70. The summed E-state index contributed by atoms with van der Waals surface area (Å²) in [6.07, 6.45) is 1.85. The Morgan fingerprint density at radius 3 is 2.46 bits per heavy atom. The number of unbranched alkanes of at least 4 members (excludes halogenated alkanes) is 1. The second kappa shape index (κ2) is 11.7. The van der Waals surface area contributed by atoms with Crippen LogP contribution in [0.15, 0.2) is 53.4 Å². The predicted octanol–water partition coefficient (Wildman–Crippen LogP) is 3.60. The molecule has 1 aliphatic rings. The van der Waals surface area contributed by atoms with E-state index in [1.807, 2.05) is 6.92 Å². The molecule has 0 spiro atoms. The summed E-state index contributed by atoms with van der Waals surface area (Å²) in [6.45, 7) is 4.20. The molecule has 1 atom stereocenters. The number of hydrogen-bond acceptors (Lipinski definition) is 5. The normalized spacial score (nSPS) is 14.9. The third-order valence-electron chi connectivity index (χ3n) is 5.96. The van der Waals surface area contributed by atoms with E-state index in [0.717, 1.165) is 17.1 Å². The van der Waals surface area contributed by atoms with Crippen molar-refractivity contribution < 1.29 is 22.8 Å². The minimum Gasteiger partial charge on any atom is -0.354 e. The fraction of sp³-hybridized carbons (Fsp3) is 0.400. The van der Waals surface area contributed by atoms with Crippen LogP contribution in [0.2, 0.25) is 5.02 Å². The molecule has 3 rings (SSSR count). The number of benzene rings is 2. The summed E-state index contributed by atoms with van der Waals surface area (Å²) in [5.74, 6) is -1.19. The zero-order chi connectivity index (χ0) is 25.6. The summed E-state index contributed by atoms with van der Waals surface area (Å²) in [5.41, 5.74) is 0.833. The van der Waals surface area contributed by atoms with Crippen molar-refractivity contribution in [3.63, 3.8) is 0 Å². The molecule has 10 heteroatoms. The molecule has 0 saturated heterocycles. The lowest BCUT2D eigenvalue weighted by Gasteiger charge is -2.29. The van der Waals surface area contributed by atoms with Gasteiger partial charge in [-0.2, -0.15) is 0 Å². The summed E-state index contributed by atoms with van der Waals surface area (Å²) < 4.78 is 26.3. The van der Waals surface area contributed by atoms with Crippen LogP contribution >= 0.6 is 11.6 Å². The van der Waals surface area contributed by atoms with E-state index in [0.29, 0.717) is 17.1 Å². The highest BCUT2D eigenvalue weighted by Crippen LogP contribution is 2.30. The van der Waals surface area contributed by atoms with E-state index in [2.05, 4.69) is 5.32 Å². The Bertz CT molecular complexity index is 1200. The molecule has 0 bridgehead atoms. The fourth-order valence-electron chi connectivity index (χ4n) is 3.90. The Hall–Kier alpha value is -2.91. The van der Waals surface area contributed by atoms with Crippen molar-refractivity contribution in [2.24, 2.45) is 0 Å². The number of hydrogen-bond donors (Lipinski definition) is 1. The van der Waals surface area contributed by atoms with Gasteiger partial charge < -0.3 is 10.2 Å². The van der Waals surface area contributed by atoms with Gasteiger partial charge in [-0.25, -0.2) is 12.7 Å². The van der Waals surface area contributed by atoms with Crippen molar-refractivity contribution in [1.82, 2.24) is 14.5 Å². The summed E-state index contributed by atoms with van der Waals surface area (Å²) in [5, 5.41) is 3.33. The molecule has 1 unspecified atom stereocenters. The third kappa shape index (κ3) is 6.02. The smallest absolute Gasteiger partial charge is 0.269 e. The number of rotatable bonds is 11. The number of sulfonamides is 1. The lowest BCUT2D eigenvalue weighted by atomic mass is 10.1. The first kappa shape index (κ1) is 26.7. The summed E-state index contributed by atoms with van der Waals surface area (Å²) in [7, 11) is -3.93. The molecule has 2 aromatic rings. The van der Waals surface area contributed by atoms with Crippen LogP contribution in [0.25, 0.3) is 0 Å². The average molecular weight is 520 g/mol. The Morgan fingerprint density at radius 1 is 1.09 bits per heavy atom. The highest BCUT2D eigenvalue weighted by Gasteiger charge is 2.40. The van der Waals surface area contributed by atoms with E-state index in [1.165, 1.54) is 17.0 Å². The van der Waals surface area contributed by atoms with Gasteiger partial charge in [0.1, 0.15) is 10.9 Å². The molecule has 0 fully saturated rings. The van der Waals surface area contributed by atoms with Gasteiger partial charge in [0.05, 0.1) is 5.56 Å². The van der Waals surface area contributed by atoms with Crippen LogP contribution in [0.5, 0.6) is 0 Å². The average Bonchev–Trinajstić information content (AvgIpc) is 3.03. The molecule has 1 N–H and O–H groups in total. The van der Waals surface area contributed by atoms with E-state index < -0.39 is 22.0 Å². The van der Waals surface area contributed by atoms with Crippen molar-refractivity contribution in [2.75, 3.05) is 13.1 Å². The molecule has 0 aliphatic carbocycles. The van der Waals surface area contributed by atoms with Crippen LogP contribution in [0.3, 0.4) is 0 Å². The molecule has 0 aromatic heterocycles. The van der Waals surface area contributed by atoms with Crippen LogP contribution in [-0.4, -0.2) is 54.5 Å². The van der Waals surface area contributed by atoms with Gasteiger partial charge in [0, 0.05) is 31.1 Å². The first-order chi connectivity index (χ1) is 16.7. The molecule has 0 radical (unpaired) electrons. The van der Waals surface area contributed by atoms with Crippen LogP contribution in [0, 0.1) is 0 Å². The first-order valence-corrected chi connectivity index (χ1v) is 13.5. The summed E-state index contributed by atoms with van der Waals surface area (Å²) in [4.78, 5) is 40.0. The highest BCUT2D eigenvalue weighted by atomic mass is 35.5. The van der Waals surface area contributed by atoms with Gasteiger partial charge >= 0.3 is 0 Å². The van der Waals surface area contributed by atoms with Gasteiger partial charge in [-0.05, 0) is 43.5 Å². The van der Waals surface area contributed by atoms with Gasteiger partial charge in [-0.3, -0.25) is 14.4 Å². The van der Waals surface area contributed by atoms with Crippen LogP contribution in [-0.2, 0) is 26.2 Å². The van der Waals surface area contributed by atoms with Gasteiger partial charge in [0.2, 0.25) is 11.8 Å². The lowest BCUT2D eigenvalue weighted by Crippen LogP contribution is -2.48. The quantitative estimate of drug-likeness (QED) is 0.457. The topological polar surface area (TPSA) is 104 Å². The second-order valence-corrected chi connectivity index (χ2v) is 10.7. The first-order valence-electron chi connectivity index (χ1n) is 11.6. The molecule has 1 heterocycles. The molecule has 188 valence electrons. The molecular formula is C25H30ClN3O5S. The van der Waals surface area contributed by atoms with E-state index in [1.54, 1.807) is 43.3 Å². The lowest BCUT2D eigenvalue weighted by molar-refractivity contribution is -0.140. The van der Waals surface area contributed by atoms with Crippen LogP contribution in [0.1, 0.15) is 55.5 Å². The fourth-order valence-corrected chi connectivity index (χ4v) is 5.70. The van der Waals surface area contributed by atoms with E-state index in [9.17, 15) is 22.8 Å². The third-order valence-corrected chi connectivity index (χ3v) is 8.17. The maximum Gasteiger partial charge on any atom is 0.269 e. The maximum absolute atomic E-state index is 13.2. The van der Waals surface area contributed by atoms with Gasteiger partial charge in [0.15, 0.2) is 0 Å². The molecule has 8 nitrogen and oxygen atoms in total. The Kier molecular flexibility index (Phi) is 8.91. The minimum absolute atomic E-state index is 0.0194. The number of nitrogens with one attached hydrogen (secondary N) is 1. The second-order valence-electron chi connectivity index (χ2n) is 8.42. The minimum atomic E-state index is -3.93. The Morgan fingerprint density at radius 2 is 1.77 bits per heavy atom. The van der Waals surface area contributed by atoms with Crippen molar-refractivity contribution in [3.05, 3.63) is 64.7 Å². The number of amides is 3. The van der Waals surface area contributed by atoms with Crippen molar-refractivity contribution in [2.45, 2.75) is 57.0 Å². The zero-order valence-corrected chi connectivity index (χ0v) is 21.4. The SMILES string of the molecule is CCCCNC(=O)C(C)N(Cc1ccccc1Cl)C(=O)CCCN1C(=O)c2ccccc2S1(=O)=O.